The first-order valence-electron chi connectivity index (χ1n) is 5.26. The summed E-state index contributed by atoms with van der Waals surface area (Å²) in [5.41, 5.74) is 1.50. The van der Waals surface area contributed by atoms with Crippen molar-refractivity contribution in [2.45, 2.75) is 12.5 Å². The first-order valence-corrected chi connectivity index (χ1v) is 5.26. The fraction of sp³-hybridized carbons (Fsp3) is 0.143. The zero-order valence-corrected chi connectivity index (χ0v) is 9.26. The van der Waals surface area contributed by atoms with E-state index < -0.39 is 5.60 Å². The minimum atomic E-state index is -0.595. The molecule has 2 aromatic carbocycles. The van der Waals surface area contributed by atoms with Crippen molar-refractivity contribution in [2.75, 3.05) is 0 Å². The third-order valence-electron chi connectivity index (χ3n) is 2.89. The van der Waals surface area contributed by atoms with E-state index in [9.17, 15) is 0 Å². The van der Waals surface area contributed by atoms with Crippen LogP contribution in [0.4, 0.5) is 0 Å². The van der Waals surface area contributed by atoms with E-state index >= 15 is 0 Å². The standard InChI is InChI=1S/C14H15NO/c1-14(16-15,12-8-4-2-5-9-12)13-10-6-3-7-11-13/h2-11H,15H2,1H3. The molecule has 0 aliphatic rings. The van der Waals surface area contributed by atoms with Gasteiger partial charge in [-0.1, -0.05) is 60.7 Å². The summed E-state index contributed by atoms with van der Waals surface area (Å²) >= 11 is 0. The second kappa shape index (κ2) is 4.47. The molecule has 0 atom stereocenters. The van der Waals surface area contributed by atoms with Gasteiger partial charge in [-0.15, -0.1) is 0 Å². The van der Waals surface area contributed by atoms with Crippen molar-refractivity contribution in [3.05, 3.63) is 71.8 Å². The van der Waals surface area contributed by atoms with Crippen LogP contribution in [0.25, 0.3) is 0 Å². The van der Waals surface area contributed by atoms with Crippen molar-refractivity contribution in [1.82, 2.24) is 0 Å². The summed E-state index contributed by atoms with van der Waals surface area (Å²) in [4.78, 5) is 5.21. The Balaban J connectivity index is 2.49. The molecule has 0 saturated carbocycles. The van der Waals surface area contributed by atoms with E-state index in [1.807, 2.05) is 67.6 Å². The summed E-state index contributed by atoms with van der Waals surface area (Å²) in [5, 5.41) is 0. The molecular weight excluding hydrogens is 198 g/mol. The van der Waals surface area contributed by atoms with Crippen molar-refractivity contribution in [3.8, 4) is 0 Å². The number of rotatable bonds is 3. The Hall–Kier alpha value is -1.64. The lowest BCUT2D eigenvalue weighted by atomic mass is 9.88. The molecule has 2 nitrogen and oxygen atoms in total. The summed E-state index contributed by atoms with van der Waals surface area (Å²) in [6, 6.07) is 19.9. The SMILES string of the molecule is CC(ON)(c1ccccc1)c1ccccc1. The van der Waals surface area contributed by atoms with Crippen LogP contribution in [-0.4, -0.2) is 0 Å². The van der Waals surface area contributed by atoms with Gasteiger partial charge in [0.1, 0.15) is 5.60 Å². The van der Waals surface area contributed by atoms with Crippen LogP contribution in [0.1, 0.15) is 18.1 Å². The number of hydrogen-bond donors (Lipinski definition) is 1. The van der Waals surface area contributed by atoms with Crippen LogP contribution in [0, 0.1) is 0 Å². The molecule has 0 aliphatic heterocycles. The van der Waals surface area contributed by atoms with Crippen molar-refractivity contribution in [2.24, 2.45) is 5.90 Å². The van der Waals surface area contributed by atoms with E-state index in [1.54, 1.807) is 0 Å². The van der Waals surface area contributed by atoms with Gasteiger partial charge in [-0.3, -0.25) is 4.84 Å². The maximum absolute atomic E-state index is 5.47. The van der Waals surface area contributed by atoms with E-state index in [0.29, 0.717) is 0 Å². The minimum Gasteiger partial charge on any atom is -0.289 e. The fourth-order valence-electron chi connectivity index (χ4n) is 1.82. The molecule has 82 valence electrons. The maximum atomic E-state index is 5.47. The van der Waals surface area contributed by atoms with E-state index in [1.165, 1.54) is 0 Å². The first-order chi connectivity index (χ1) is 7.77. The quantitative estimate of drug-likeness (QED) is 0.796. The molecule has 16 heavy (non-hydrogen) atoms. The fourth-order valence-corrected chi connectivity index (χ4v) is 1.82. The molecule has 0 heterocycles. The molecule has 0 fully saturated rings. The second-order valence-corrected chi connectivity index (χ2v) is 3.88. The van der Waals surface area contributed by atoms with Crippen LogP contribution < -0.4 is 5.90 Å². The Morgan fingerprint density at radius 2 is 1.19 bits per heavy atom. The molecule has 0 amide bonds. The van der Waals surface area contributed by atoms with Gasteiger partial charge in [-0.05, 0) is 18.1 Å². The van der Waals surface area contributed by atoms with E-state index in [4.69, 9.17) is 10.7 Å². The molecule has 0 aromatic heterocycles. The molecule has 0 spiro atoms. The van der Waals surface area contributed by atoms with Crippen LogP contribution in [-0.2, 0) is 10.4 Å². The number of benzene rings is 2. The highest BCUT2D eigenvalue weighted by Crippen LogP contribution is 2.31. The Labute approximate surface area is 95.6 Å². The highest BCUT2D eigenvalue weighted by Gasteiger charge is 2.28. The van der Waals surface area contributed by atoms with Crippen LogP contribution in [0.3, 0.4) is 0 Å². The monoisotopic (exact) mass is 213 g/mol. The van der Waals surface area contributed by atoms with E-state index in [0.717, 1.165) is 11.1 Å². The van der Waals surface area contributed by atoms with Crippen LogP contribution in [0.2, 0.25) is 0 Å². The molecule has 0 unspecified atom stereocenters. The lowest BCUT2D eigenvalue weighted by molar-refractivity contribution is -0.00567. The molecule has 0 bridgehead atoms. The smallest absolute Gasteiger partial charge is 0.136 e. The average molecular weight is 213 g/mol. The van der Waals surface area contributed by atoms with Gasteiger partial charge in [0.2, 0.25) is 0 Å². The van der Waals surface area contributed by atoms with Gasteiger partial charge < -0.3 is 0 Å². The minimum absolute atomic E-state index is 0.595. The summed E-state index contributed by atoms with van der Waals surface area (Å²) < 4.78 is 0. The van der Waals surface area contributed by atoms with Crippen molar-refractivity contribution in [3.63, 3.8) is 0 Å². The predicted octanol–water partition coefficient (Wildman–Crippen LogP) is 2.84. The first kappa shape index (κ1) is 10.9. The van der Waals surface area contributed by atoms with Crippen LogP contribution in [0.5, 0.6) is 0 Å². The van der Waals surface area contributed by atoms with Crippen molar-refractivity contribution >= 4 is 0 Å². The van der Waals surface area contributed by atoms with Gasteiger partial charge in [-0.2, -0.15) is 0 Å². The average Bonchev–Trinajstić information content (AvgIpc) is 2.40. The van der Waals surface area contributed by atoms with Gasteiger partial charge in [0.25, 0.3) is 0 Å². The lowest BCUT2D eigenvalue weighted by Crippen LogP contribution is -2.30. The Bertz CT molecular complexity index is 399. The van der Waals surface area contributed by atoms with Crippen molar-refractivity contribution in [1.29, 1.82) is 0 Å². The van der Waals surface area contributed by atoms with Crippen LogP contribution >= 0.6 is 0 Å². The van der Waals surface area contributed by atoms with E-state index in [-0.39, 0.29) is 0 Å². The highest BCUT2D eigenvalue weighted by atomic mass is 16.6. The molecule has 0 aliphatic carbocycles. The maximum Gasteiger partial charge on any atom is 0.136 e. The third kappa shape index (κ3) is 1.85. The van der Waals surface area contributed by atoms with Crippen LogP contribution in [0.15, 0.2) is 60.7 Å². The number of hydrogen-bond acceptors (Lipinski definition) is 2. The molecule has 2 rings (SSSR count). The zero-order valence-electron chi connectivity index (χ0n) is 9.26. The molecule has 0 radical (unpaired) electrons. The van der Waals surface area contributed by atoms with Gasteiger partial charge in [0.15, 0.2) is 0 Å². The lowest BCUT2D eigenvalue weighted by Gasteiger charge is -2.28. The molecule has 2 heteroatoms. The summed E-state index contributed by atoms with van der Waals surface area (Å²) in [6.07, 6.45) is 0. The largest absolute Gasteiger partial charge is 0.289 e. The third-order valence-corrected chi connectivity index (χ3v) is 2.89. The molecule has 0 saturated heterocycles. The Kier molecular flexibility index (Phi) is 3.04. The van der Waals surface area contributed by atoms with Gasteiger partial charge in [0, 0.05) is 0 Å². The van der Waals surface area contributed by atoms with Crippen molar-refractivity contribution < 1.29 is 4.84 Å². The van der Waals surface area contributed by atoms with Gasteiger partial charge in [0.05, 0.1) is 0 Å². The predicted molar refractivity (Wildman–Crippen MR) is 64.6 cm³/mol. The molecule has 2 N–H and O–H groups in total. The normalized spacial score (nSPS) is 11.4. The number of nitrogens with two attached hydrogens (primary N) is 1. The zero-order chi connectivity index (χ0) is 11.4. The Morgan fingerprint density at radius 1 is 0.812 bits per heavy atom. The summed E-state index contributed by atoms with van der Waals surface area (Å²) in [5.74, 6) is 5.47. The summed E-state index contributed by atoms with van der Waals surface area (Å²) in [6.45, 7) is 1.97. The Morgan fingerprint density at radius 3 is 1.50 bits per heavy atom. The topological polar surface area (TPSA) is 35.2 Å². The molecule has 2 aromatic rings. The molecular formula is C14H15NO. The van der Waals surface area contributed by atoms with E-state index in [2.05, 4.69) is 0 Å². The summed E-state index contributed by atoms with van der Waals surface area (Å²) in [7, 11) is 0. The van der Waals surface area contributed by atoms with Gasteiger partial charge in [-0.25, -0.2) is 5.90 Å². The van der Waals surface area contributed by atoms with Gasteiger partial charge >= 0.3 is 0 Å². The second-order valence-electron chi connectivity index (χ2n) is 3.88. The highest BCUT2D eigenvalue weighted by molar-refractivity contribution is 5.35.